The summed E-state index contributed by atoms with van der Waals surface area (Å²) in [5.41, 5.74) is 1.97. The molecule has 19 heteroatoms. The number of urea groups is 1. The standard InChI is InChI=1S/C49H63N6O12P/c1-48(2,3)40(53-45(58)65-7)42(56)51-36(28-33-21-23-35(24-22-33)38-20-14-15-25-50-38)30-37(44(66-47(60)61)67-68(62,63)64)39(29-32-16-10-8-11-17-32)52-43(57)41(49(4,5)6)55-27-26-54(46(55)59)31-34-18-12-9-13-19-34/h8-25,36-37,39-41,44H,26-31H2,1-7H3,(H,51,56)(H,52,57)(H,53,58)(H,60,61)(H2,62,63,64)/t36-,37?,39+,40-,41-,44+/m1/s1. The van der Waals surface area contributed by atoms with E-state index in [1.54, 1.807) is 89.0 Å². The number of pyridine rings is 1. The highest BCUT2D eigenvalue weighted by atomic mass is 31.2. The van der Waals surface area contributed by atoms with Crippen LogP contribution in [0.1, 0.15) is 64.7 Å². The van der Waals surface area contributed by atoms with Crippen LogP contribution in [0.2, 0.25) is 0 Å². The molecule has 2 heterocycles. The van der Waals surface area contributed by atoms with E-state index < -0.39 is 79.1 Å². The summed E-state index contributed by atoms with van der Waals surface area (Å²) in [6, 6.07) is 26.1. The third-order valence-electron chi connectivity index (χ3n) is 11.5. The molecule has 1 fully saturated rings. The number of carboxylic acid groups (broad SMARTS) is 1. The number of nitrogens with zero attached hydrogens (tertiary/aromatic N) is 3. The number of amides is 5. The van der Waals surface area contributed by atoms with E-state index in [2.05, 4.69) is 20.9 Å². The van der Waals surface area contributed by atoms with Crippen molar-refractivity contribution in [1.82, 2.24) is 30.7 Å². The normalized spacial score (nSPS) is 15.9. The summed E-state index contributed by atoms with van der Waals surface area (Å²) in [6.07, 6.45) is -3.72. The lowest BCUT2D eigenvalue weighted by Gasteiger charge is -2.40. The summed E-state index contributed by atoms with van der Waals surface area (Å²) in [5.74, 6) is -2.75. The topological polar surface area (TPSA) is 246 Å². The Morgan fingerprint density at radius 1 is 0.750 bits per heavy atom. The van der Waals surface area contributed by atoms with E-state index in [0.717, 1.165) is 18.2 Å². The van der Waals surface area contributed by atoms with Crippen LogP contribution in [0.25, 0.3) is 11.3 Å². The molecule has 6 N–H and O–H groups in total. The van der Waals surface area contributed by atoms with Crippen molar-refractivity contribution in [3.05, 3.63) is 126 Å². The highest BCUT2D eigenvalue weighted by Gasteiger charge is 2.46. The van der Waals surface area contributed by atoms with Crippen LogP contribution in [-0.4, -0.2) is 110 Å². The number of carbonyl (C=O) groups excluding carboxylic acids is 4. The molecule has 68 heavy (non-hydrogen) atoms. The Hall–Kier alpha value is -6.33. The van der Waals surface area contributed by atoms with Crippen molar-refractivity contribution in [2.75, 3.05) is 20.2 Å². The Labute approximate surface area is 397 Å². The van der Waals surface area contributed by atoms with Gasteiger partial charge in [0.25, 0.3) is 0 Å². The molecule has 1 aliphatic heterocycles. The first-order chi connectivity index (χ1) is 32.0. The molecule has 1 aliphatic rings. The molecule has 1 aromatic heterocycles. The predicted molar refractivity (Wildman–Crippen MR) is 252 cm³/mol. The van der Waals surface area contributed by atoms with Crippen molar-refractivity contribution in [3.63, 3.8) is 0 Å². The maximum Gasteiger partial charge on any atom is 0.508 e. The van der Waals surface area contributed by atoms with Gasteiger partial charge in [0, 0.05) is 49.4 Å². The number of phosphoric acid groups is 1. The van der Waals surface area contributed by atoms with E-state index in [1.165, 1.54) is 4.90 Å². The lowest BCUT2D eigenvalue weighted by molar-refractivity contribution is -0.134. The second kappa shape index (κ2) is 23.1. The van der Waals surface area contributed by atoms with Crippen LogP contribution in [-0.2, 0) is 47.5 Å². The summed E-state index contributed by atoms with van der Waals surface area (Å²) in [4.78, 5) is 96.7. The zero-order valence-corrected chi connectivity index (χ0v) is 40.3. The van der Waals surface area contributed by atoms with Crippen LogP contribution in [0.5, 0.6) is 0 Å². The molecule has 0 aliphatic carbocycles. The van der Waals surface area contributed by atoms with E-state index in [0.29, 0.717) is 29.9 Å². The van der Waals surface area contributed by atoms with Crippen LogP contribution in [0.4, 0.5) is 14.4 Å². The average Bonchev–Trinajstić information content (AvgIpc) is 3.61. The molecule has 0 bridgehead atoms. The summed E-state index contributed by atoms with van der Waals surface area (Å²) in [7, 11) is -4.38. The molecule has 366 valence electrons. The highest BCUT2D eigenvalue weighted by molar-refractivity contribution is 7.46. The highest BCUT2D eigenvalue weighted by Crippen LogP contribution is 2.42. The van der Waals surface area contributed by atoms with Gasteiger partial charge in [0.2, 0.25) is 18.1 Å². The van der Waals surface area contributed by atoms with Gasteiger partial charge in [0.1, 0.15) is 12.1 Å². The molecule has 3 aromatic carbocycles. The lowest BCUT2D eigenvalue weighted by Crippen LogP contribution is -2.59. The van der Waals surface area contributed by atoms with Crippen molar-refractivity contribution in [3.8, 4) is 11.3 Å². The number of phosphoric ester groups is 1. The molecule has 0 saturated carbocycles. The Morgan fingerprint density at radius 2 is 1.35 bits per heavy atom. The van der Waals surface area contributed by atoms with Gasteiger partial charge in [-0.25, -0.2) is 23.5 Å². The molecule has 1 unspecified atom stereocenters. The van der Waals surface area contributed by atoms with Crippen molar-refractivity contribution in [2.45, 2.75) is 97.8 Å². The zero-order valence-electron chi connectivity index (χ0n) is 39.4. The molecule has 5 amide bonds. The third-order valence-corrected chi connectivity index (χ3v) is 12.0. The maximum atomic E-state index is 15.1. The molecule has 18 nitrogen and oxygen atoms in total. The summed E-state index contributed by atoms with van der Waals surface area (Å²) in [5, 5.41) is 18.7. The molecular weight excluding hydrogens is 896 g/mol. The third kappa shape index (κ3) is 15.4. The van der Waals surface area contributed by atoms with E-state index in [1.807, 2.05) is 66.7 Å². The minimum absolute atomic E-state index is 0.0473. The largest absolute Gasteiger partial charge is 0.508 e. The number of hydrogen-bond donors (Lipinski definition) is 6. The van der Waals surface area contributed by atoms with Crippen molar-refractivity contribution < 1.29 is 57.4 Å². The summed E-state index contributed by atoms with van der Waals surface area (Å²) < 4.78 is 27.9. The van der Waals surface area contributed by atoms with Crippen LogP contribution >= 0.6 is 7.82 Å². The maximum absolute atomic E-state index is 15.1. The fourth-order valence-corrected chi connectivity index (χ4v) is 8.88. The lowest BCUT2D eigenvalue weighted by atomic mass is 9.82. The number of rotatable bonds is 20. The Morgan fingerprint density at radius 3 is 1.90 bits per heavy atom. The molecule has 0 spiro atoms. The van der Waals surface area contributed by atoms with Crippen molar-refractivity contribution >= 4 is 37.9 Å². The van der Waals surface area contributed by atoms with Gasteiger partial charge in [-0.2, -0.15) is 0 Å². The molecule has 1 saturated heterocycles. The van der Waals surface area contributed by atoms with Gasteiger partial charge in [-0.1, -0.05) is 133 Å². The number of nitrogens with one attached hydrogen (secondary N) is 3. The van der Waals surface area contributed by atoms with E-state index in [-0.39, 0.29) is 31.8 Å². The minimum Gasteiger partial charge on any atom is -0.453 e. The first-order valence-corrected chi connectivity index (χ1v) is 23.8. The van der Waals surface area contributed by atoms with Gasteiger partial charge < -0.3 is 50.1 Å². The van der Waals surface area contributed by atoms with E-state index >= 15 is 4.79 Å². The molecule has 5 rings (SSSR count). The number of carbonyl (C=O) groups is 5. The molecule has 0 radical (unpaired) electrons. The number of alkyl carbamates (subject to hydrolysis) is 1. The zero-order chi connectivity index (χ0) is 49.8. The number of benzene rings is 3. The van der Waals surface area contributed by atoms with Crippen LogP contribution in [0.3, 0.4) is 0 Å². The van der Waals surface area contributed by atoms with E-state index in [4.69, 9.17) is 14.0 Å². The van der Waals surface area contributed by atoms with Crippen LogP contribution < -0.4 is 16.0 Å². The van der Waals surface area contributed by atoms with Crippen molar-refractivity contribution in [1.29, 1.82) is 0 Å². The van der Waals surface area contributed by atoms with Crippen LogP contribution in [0.15, 0.2) is 109 Å². The smallest absolute Gasteiger partial charge is 0.453 e. The quantitative estimate of drug-likeness (QED) is 0.0305. The Kier molecular flexibility index (Phi) is 17.9. The van der Waals surface area contributed by atoms with Gasteiger partial charge in [-0.15, -0.1) is 0 Å². The van der Waals surface area contributed by atoms with Crippen molar-refractivity contribution in [2.24, 2.45) is 16.7 Å². The monoisotopic (exact) mass is 958 g/mol. The number of aromatic nitrogens is 1. The van der Waals surface area contributed by atoms with E-state index in [9.17, 15) is 38.6 Å². The molecule has 6 atom stereocenters. The second-order valence-electron chi connectivity index (χ2n) is 19.0. The Balaban J connectivity index is 1.61. The van der Waals surface area contributed by atoms with Gasteiger partial charge in [-0.3, -0.25) is 14.6 Å². The first kappa shape index (κ1) is 52.6. The summed E-state index contributed by atoms with van der Waals surface area (Å²) >= 11 is 0. The molecular formula is C49H63N6O12P. The second-order valence-corrected chi connectivity index (χ2v) is 20.2. The van der Waals surface area contributed by atoms with Crippen LogP contribution in [0, 0.1) is 16.7 Å². The number of hydrogen-bond acceptors (Lipinski definition) is 10. The fourth-order valence-electron chi connectivity index (χ4n) is 8.41. The van der Waals surface area contributed by atoms with Gasteiger partial charge in [0.15, 0.2) is 0 Å². The van der Waals surface area contributed by atoms with Gasteiger partial charge >= 0.3 is 26.1 Å². The average molecular weight is 959 g/mol. The number of methoxy groups -OCH3 is 1. The predicted octanol–water partition coefficient (Wildman–Crippen LogP) is 6.76. The Bertz CT molecular complexity index is 2360. The molecule has 4 aromatic rings. The number of ether oxygens (including phenoxy) is 2. The summed E-state index contributed by atoms with van der Waals surface area (Å²) in [6.45, 7) is 11.5. The first-order valence-electron chi connectivity index (χ1n) is 22.2. The SMILES string of the molecule is COC(=O)N[C@H](C(=O)N[C@H](Cc1ccc(-c2ccccn2)cc1)CC([C@@H](OC(=O)O)OP(=O)(O)O)[C@H](Cc1ccccc1)NC(=O)[C@@H](N1CCN(Cc2ccccc2)C1=O)C(C)(C)C)C(C)(C)C. The van der Waals surface area contributed by atoms with Gasteiger partial charge in [-0.05, 0) is 58.9 Å². The minimum atomic E-state index is -5.54. The fraction of sp³-hybridized carbons (Fsp3) is 0.429. The van der Waals surface area contributed by atoms with Gasteiger partial charge in [0.05, 0.1) is 12.8 Å².